The Hall–Kier alpha value is -3.02. The number of alkyl halides is 3. The van der Waals surface area contributed by atoms with E-state index in [0.29, 0.717) is 19.8 Å². The van der Waals surface area contributed by atoms with Crippen LogP contribution in [0.15, 0.2) is 29.2 Å². The molecule has 0 bridgehead atoms. The molecule has 2 aromatic rings. The van der Waals surface area contributed by atoms with E-state index in [2.05, 4.69) is 9.97 Å². The molecule has 0 amide bonds. The molecule has 32 heavy (non-hydrogen) atoms. The summed E-state index contributed by atoms with van der Waals surface area (Å²) in [5, 5.41) is 0. The molecule has 8 nitrogen and oxygen atoms in total. The van der Waals surface area contributed by atoms with Crippen LogP contribution in [0, 0.1) is 5.82 Å². The number of carbonyl (C=O) groups is 1. The summed E-state index contributed by atoms with van der Waals surface area (Å²) in [6.07, 6.45) is -4.24. The first-order valence-corrected chi connectivity index (χ1v) is 10.1. The highest BCUT2D eigenvalue weighted by atomic mass is 19.4. The van der Waals surface area contributed by atoms with Gasteiger partial charge >= 0.3 is 6.18 Å². The highest BCUT2D eigenvalue weighted by Crippen LogP contribution is 2.34. The number of anilines is 2. The van der Waals surface area contributed by atoms with Gasteiger partial charge in [0.05, 0.1) is 32.0 Å². The Bertz CT molecular complexity index is 1060. The van der Waals surface area contributed by atoms with E-state index in [1.807, 2.05) is 6.92 Å². The lowest BCUT2D eigenvalue weighted by Crippen LogP contribution is -2.54. The third-order valence-electron chi connectivity index (χ3n) is 5.60. The third kappa shape index (κ3) is 4.31. The Kier molecular flexibility index (Phi) is 5.89. The molecule has 2 aliphatic rings. The fourth-order valence-corrected chi connectivity index (χ4v) is 3.97. The Morgan fingerprint density at radius 1 is 1.28 bits per heavy atom. The molecular formula is C20H21F4N5O3. The largest absolute Gasteiger partial charge is 0.408 e. The first-order chi connectivity index (χ1) is 15.1. The van der Waals surface area contributed by atoms with Crippen molar-refractivity contribution in [2.75, 3.05) is 36.1 Å². The van der Waals surface area contributed by atoms with E-state index >= 15 is 0 Å². The minimum Gasteiger partial charge on any atom is -0.377 e. The minimum absolute atomic E-state index is 0.126. The summed E-state index contributed by atoms with van der Waals surface area (Å²) in [5.41, 5.74) is -0.675. The van der Waals surface area contributed by atoms with Crippen LogP contribution in [-0.2, 0) is 11.3 Å². The van der Waals surface area contributed by atoms with Gasteiger partial charge in [-0.05, 0) is 25.5 Å². The highest BCUT2D eigenvalue weighted by Gasteiger charge is 2.47. The summed E-state index contributed by atoms with van der Waals surface area (Å²) in [4.78, 5) is 36.1. The van der Waals surface area contributed by atoms with Gasteiger partial charge in [-0.2, -0.15) is 18.2 Å². The molecule has 0 N–H and O–H groups in total. The molecule has 4 rings (SSSR count). The predicted molar refractivity (Wildman–Crippen MR) is 106 cm³/mol. The van der Waals surface area contributed by atoms with Crippen LogP contribution in [0.1, 0.15) is 23.8 Å². The SMILES string of the molecule is CC1COCCN1c1cc(=O)n2c(n1)N(CC(=O)c1ccc(F)cn1)C(C(F)(F)F)CC2. The van der Waals surface area contributed by atoms with Crippen LogP contribution in [-0.4, -0.2) is 64.9 Å². The van der Waals surface area contributed by atoms with E-state index < -0.39 is 42.3 Å². The zero-order valence-corrected chi connectivity index (χ0v) is 17.2. The molecule has 2 atom stereocenters. The maximum absolute atomic E-state index is 13.8. The molecule has 1 fully saturated rings. The lowest BCUT2D eigenvalue weighted by Gasteiger charge is -2.40. The van der Waals surface area contributed by atoms with Crippen molar-refractivity contribution < 1.29 is 27.1 Å². The maximum Gasteiger partial charge on any atom is 0.408 e. The predicted octanol–water partition coefficient (Wildman–Crippen LogP) is 2.03. The van der Waals surface area contributed by atoms with E-state index in [1.54, 1.807) is 4.90 Å². The summed E-state index contributed by atoms with van der Waals surface area (Å²) in [6, 6.07) is 1.28. The van der Waals surface area contributed by atoms with Crippen molar-refractivity contribution in [1.29, 1.82) is 0 Å². The van der Waals surface area contributed by atoms with Crippen molar-refractivity contribution in [2.45, 2.75) is 38.1 Å². The second-order valence-corrected chi connectivity index (χ2v) is 7.78. The average molecular weight is 455 g/mol. The van der Waals surface area contributed by atoms with Gasteiger partial charge in [0.1, 0.15) is 23.4 Å². The molecule has 2 aliphatic heterocycles. The molecule has 0 aromatic carbocycles. The highest BCUT2D eigenvalue weighted by molar-refractivity contribution is 5.97. The van der Waals surface area contributed by atoms with Crippen LogP contribution < -0.4 is 15.4 Å². The third-order valence-corrected chi connectivity index (χ3v) is 5.60. The van der Waals surface area contributed by atoms with Gasteiger partial charge in [-0.25, -0.2) is 4.39 Å². The van der Waals surface area contributed by atoms with Crippen LogP contribution >= 0.6 is 0 Å². The van der Waals surface area contributed by atoms with Gasteiger partial charge in [-0.3, -0.25) is 19.1 Å². The van der Waals surface area contributed by atoms with Crippen molar-refractivity contribution in [3.63, 3.8) is 0 Å². The molecule has 2 unspecified atom stereocenters. The van der Waals surface area contributed by atoms with Crippen molar-refractivity contribution in [3.8, 4) is 0 Å². The van der Waals surface area contributed by atoms with E-state index in [0.717, 1.165) is 27.8 Å². The quantitative estimate of drug-likeness (QED) is 0.516. The number of fused-ring (bicyclic) bond motifs is 1. The van der Waals surface area contributed by atoms with Crippen molar-refractivity contribution in [1.82, 2.24) is 14.5 Å². The second-order valence-electron chi connectivity index (χ2n) is 7.78. The number of aromatic nitrogens is 3. The maximum atomic E-state index is 13.8. The Morgan fingerprint density at radius 3 is 2.72 bits per heavy atom. The summed E-state index contributed by atoms with van der Waals surface area (Å²) in [6.45, 7) is 2.19. The van der Waals surface area contributed by atoms with Crippen LogP contribution in [0.4, 0.5) is 29.3 Å². The van der Waals surface area contributed by atoms with Crippen LogP contribution in [0.2, 0.25) is 0 Å². The molecule has 2 aromatic heterocycles. The lowest BCUT2D eigenvalue weighted by atomic mass is 10.1. The number of hydrogen-bond donors (Lipinski definition) is 0. The first-order valence-electron chi connectivity index (χ1n) is 10.1. The van der Waals surface area contributed by atoms with Gasteiger partial charge in [0.2, 0.25) is 5.95 Å². The normalized spacial score (nSPS) is 21.4. The molecule has 4 heterocycles. The number of carbonyl (C=O) groups excluding carboxylic acids is 1. The second kappa shape index (κ2) is 8.49. The molecule has 12 heteroatoms. The number of Topliss-reactive ketones (excluding diaryl/α,β-unsaturated/α-hetero) is 1. The Labute approximate surface area is 180 Å². The monoisotopic (exact) mass is 455 g/mol. The number of halogens is 4. The molecule has 0 saturated carbocycles. The molecule has 1 saturated heterocycles. The van der Waals surface area contributed by atoms with Crippen LogP contribution in [0.3, 0.4) is 0 Å². The van der Waals surface area contributed by atoms with Crippen molar-refractivity contribution in [3.05, 3.63) is 46.3 Å². The Morgan fingerprint density at radius 2 is 2.06 bits per heavy atom. The fraction of sp³-hybridized carbons (Fsp3) is 0.500. The molecular weight excluding hydrogens is 434 g/mol. The van der Waals surface area contributed by atoms with Gasteiger partial charge in [-0.1, -0.05) is 0 Å². The van der Waals surface area contributed by atoms with Crippen LogP contribution in [0.5, 0.6) is 0 Å². The lowest BCUT2D eigenvalue weighted by molar-refractivity contribution is -0.152. The smallest absolute Gasteiger partial charge is 0.377 e. The van der Waals surface area contributed by atoms with Gasteiger partial charge in [0.25, 0.3) is 5.56 Å². The van der Waals surface area contributed by atoms with Gasteiger partial charge in [-0.15, -0.1) is 0 Å². The fourth-order valence-electron chi connectivity index (χ4n) is 3.97. The Balaban J connectivity index is 1.75. The molecule has 0 radical (unpaired) electrons. The van der Waals surface area contributed by atoms with E-state index in [9.17, 15) is 27.2 Å². The van der Waals surface area contributed by atoms with Crippen LogP contribution in [0.25, 0.3) is 0 Å². The summed E-state index contributed by atoms with van der Waals surface area (Å²) in [5.74, 6) is -1.41. The summed E-state index contributed by atoms with van der Waals surface area (Å²) >= 11 is 0. The molecule has 172 valence electrons. The zero-order chi connectivity index (χ0) is 23.0. The number of rotatable bonds is 4. The van der Waals surface area contributed by atoms with Crippen molar-refractivity contribution >= 4 is 17.5 Å². The topological polar surface area (TPSA) is 80.6 Å². The molecule has 0 spiro atoms. The van der Waals surface area contributed by atoms with E-state index in [-0.39, 0.29) is 30.0 Å². The number of morpholine rings is 1. The number of ether oxygens (including phenoxy) is 1. The zero-order valence-electron chi connectivity index (χ0n) is 17.2. The summed E-state index contributed by atoms with van der Waals surface area (Å²) in [7, 11) is 0. The number of hydrogen-bond acceptors (Lipinski definition) is 7. The van der Waals surface area contributed by atoms with Crippen molar-refractivity contribution in [2.24, 2.45) is 0 Å². The van der Waals surface area contributed by atoms with E-state index in [4.69, 9.17) is 4.74 Å². The molecule has 0 aliphatic carbocycles. The number of nitrogens with zero attached hydrogens (tertiary/aromatic N) is 5. The number of ketones is 1. The minimum atomic E-state index is -4.65. The van der Waals surface area contributed by atoms with E-state index in [1.165, 1.54) is 6.07 Å². The number of pyridine rings is 1. The summed E-state index contributed by atoms with van der Waals surface area (Å²) < 4.78 is 61.2. The van der Waals surface area contributed by atoms with Gasteiger partial charge in [0.15, 0.2) is 5.78 Å². The first kappa shape index (κ1) is 22.2. The standard InChI is InChI=1S/C20H21F4N5O3/c1-12-11-32-7-6-27(12)17-8-18(31)28-5-4-16(20(22,23)24)29(19(28)26-17)10-15(30)14-3-2-13(21)9-25-14/h2-3,8-9,12,16H,4-7,10-11H2,1H3. The van der Waals surface area contributed by atoms with Gasteiger partial charge in [0, 0.05) is 19.2 Å². The van der Waals surface area contributed by atoms with Gasteiger partial charge < -0.3 is 14.5 Å². The average Bonchev–Trinajstić information content (AvgIpc) is 2.74.